The van der Waals surface area contributed by atoms with Crippen LogP contribution in [0.2, 0.25) is 5.02 Å². The van der Waals surface area contributed by atoms with Crippen LogP contribution >= 0.6 is 11.6 Å². The fourth-order valence-corrected chi connectivity index (χ4v) is 2.22. The predicted molar refractivity (Wildman–Crippen MR) is 74.0 cm³/mol. The van der Waals surface area contributed by atoms with E-state index in [-0.39, 0.29) is 11.4 Å². The zero-order chi connectivity index (χ0) is 13.0. The molecule has 0 aromatic heterocycles. The Labute approximate surface area is 112 Å². The quantitative estimate of drug-likeness (QED) is 0.777. The minimum atomic E-state index is -0.0506. The van der Waals surface area contributed by atoms with Gasteiger partial charge in [0.1, 0.15) is 0 Å². The minimum absolute atomic E-state index is 0.0195. The van der Waals surface area contributed by atoms with Gasteiger partial charge < -0.3 is 16.0 Å². The Morgan fingerprint density at radius 1 is 1.56 bits per heavy atom. The molecule has 1 saturated heterocycles. The lowest BCUT2D eigenvalue weighted by Gasteiger charge is -2.24. The van der Waals surface area contributed by atoms with Crippen molar-refractivity contribution < 1.29 is 4.79 Å². The molecule has 1 heterocycles. The van der Waals surface area contributed by atoms with Crippen molar-refractivity contribution in [3.63, 3.8) is 0 Å². The summed E-state index contributed by atoms with van der Waals surface area (Å²) in [5.74, 6) is -0.0506. The Morgan fingerprint density at radius 2 is 2.39 bits per heavy atom. The summed E-state index contributed by atoms with van der Waals surface area (Å²) in [5, 5.41) is 10.0. The van der Waals surface area contributed by atoms with Crippen molar-refractivity contribution in [3.05, 3.63) is 29.3 Å². The zero-order valence-electron chi connectivity index (χ0n) is 10.4. The van der Waals surface area contributed by atoms with Crippen LogP contribution in [0, 0.1) is 0 Å². The van der Waals surface area contributed by atoms with Crippen molar-refractivity contribution in [2.24, 2.45) is 0 Å². The number of benzene rings is 1. The molecule has 98 valence electrons. The van der Waals surface area contributed by atoms with Gasteiger partial charge in [-0.25, -0.2) is 0 Å². The van der Waals surface area contributed by atoms with E-state index in [9.17, 15) is 4.79 Å². The number of nitrogens with one attached hydrogen (secondary N) is 3. The molecule has 1 aromatic rings. The summed E-state index contributed by atoms with van der Waals surface area (Å²) in [6.45, 7) is 4.33. The molecule has 0 aliphatic carbocycles. The molecule has 1 unspecified atom stereocenters. The standard InChI is InChI=1S/C13H18ClN3O/c1-13(5-6-15-9-13)16-8-12(18)17-11-4-2-3-10(14)7-11/h2-4,7,15-16H,5-6,8-9H2,1H3,(H,17,18). The summed E-state index contributed by atoms with van der Waals surface area (Å²) in [6.07, 6.45) is 1.04. The topological polar surface area (TPSA) is 53.2 Å². The molecule has 4 nitrogen and oxygen atoms in total. The van der Waals surface area contributed by atoms with E-state index in [2.05, 4.69) is 22.9 Å². The molecule has 5 heteroatoms. The molecule has 0 saturated carbocycles. The molecule has 18 heavy (non-hydrogen) atoms. The highest BCUT2D eigenvalue weighted by atomic mass is 35.5. The van der Waals surface area contributed by atoms with E-state index in [0.29, 0.717) is 11.6 Å². The number of carbonyl (C=O) groups excluding carboxylic acids is 1. The van der Waals surface area contributed by atoms with Crippen LogP contribution < -0.4 is 16.0 Å². The summed E-state index contributed by atoms with van der Waals surface area (Å²) >= 11 is 5.86. The fourth-order valence-electron chi connectivity index (χ4n) is 2.03. The first-order valence-corrected chi connectivity index (χ1v) is 6.46. The number of amides is 1. The Kier molecular flexibility index (Phi) is 4.22. The maximum absolute atomic E-state index is 11.8. The Hall–Kier alpha value is -1.10. The second-order valence-electron chi connectivity index (χ2n) is 4.90. The minimum Gasteiger partial charge on any atom is -0.325 e. The third kappa shape index (κ3) is 3.70. The smallest absolute Gasteiger partial charge is 0.238 e. The SMILES string of the molecule is CC1(NCC(=O)Nc2cccc(Cl)c2)CCNC1. The van der Waals surface area contributed by atoms with Crippen LogP contribution in [0.15, 0.2) is 24.3 Å². The van der Waals surface area contributed by atoms with Gasteiger partial charge in [0.15, 0.2) is 0 Å². The summed E-state index contributed by atoms with van der Waals surface area (Å²) < 4.78 is 0. The Balaban J connectivity index is 1.82. The van der Waals surface area contributed by atoms with Gasteiger partial charge in [-0.05, 0) is 38.1 Å². The molecular weight excluding hydrogens is 250 g/mol. The summed E-state index contributed by atoms with van der Waals surface area (Å²) in [6, 6.07) is 7.15. The van der Waals surface area contributed by atoms with E-state index in [1.165, 1.54) is 0 Å². The van der Waals surface area contributed by atoms with Gasteiger partial charge in [-0.1, -0.05) is 17.7 Å². The summed E-state index contributed by atoms with van der Waals surface area (Å²) in [4.78, 5) is 11.8. The van der Waals surface area contributed by atoms with Crippen molar-refractivity contribution in [2.45, 2.75) is 18.9 Å². The summed E-state index contributed by atoms with van der Waals surface area (Å²) in [7, 11) is 0. The lowest BCUT2D eigenvalue weighted by atomic mass is 10.0. The molecule has 0 bridgehead atoms. The predicted octanol–water partition coefficient (Wildman–Crippen LogP) is 1.62. The van der Waals surface area contributed by atoms with Crippen LogP contribution in [0.1, 0.15) is 13.3 Å². The normalized spacial score (nSPS) is 23.0. The molecular formula is C13H18ClN3O. The average molecular weight is 268 g/mol. The second kappa shape index (κ2) is 5.69. The van der Waals surface area contributed by atoms with Crippen LogP contribution in [-0.4, -0.2) is 31.1 Å². The molecule has 0 spiro atoms. The Morgan fingerprint density at radius 3 is 3.06 bits per heavy atom. The molecule has 2 rings (SSSR count). The van der Waals surface area contributed by atoms with Crippen molar-refractivity contribution in [1.82, 2.24) is 10.6 Å². The zero-order valence-corrected chi connectivity index (χ0v) is 11.2. The molecule has 1 amide bonds. The van der Waals surface area contributed by atoms with Crippen LogP contribution in [0.5, 0.6) is 0 Å². The van der Waals surface area contributed by atoms with Gasteiger partial charge in [0.2, 0.25) is 5.91 Å². The van der Waals surface area contributed by atoms with Gasteiger partial charge in [0, 0.05) is 22.8 Å². The number of hydrogen-bond donors (Lipinski definition) is 3. The van der Waals surface area contributed by atoms with Gasteiger partial charge in [-0.2, -0.15) is 0 Å². The van der Waals surface area contributed by atoms with E-state index >= 15 is 0 Å². The average Bonchev–Trinajstić information content (AvgIpc) is 2.74. The van der Waals surface area contributed by atoms with Crippen molar-refractivity contribution in [2.75, 3.05) is 25.0 Å². The molecule has 1 aliphatic heterocycles. The van der Waals surface area contributed by atoms with Crippen LogP contribution in [0.25, 0.3) is 0 Å². The molecule has 1 aromatic carbocycles. The lowest BCUT2D eigenvalue weighted by molar-refractivity contribution is -0.115. The van der Waals surface area contributed by atoms with Gasteiger partial charge in [-0.3, -0.25) is 4.79 Å². The second-order valence-corrected chi connectivity index (χ2v) is 5.34. The fraction of sp³-hybridized carbons (Fsp3) is 0.462. The first kappa shape index (κ1) is 13.3. The number of rotatable bonds is 4. The van der Waals surface area contributed by atoms with E-state index in [1.807, 2.05) is 12.1 Å². The van der Waals surface area contributed by atoms with E-state index in [1.54, 1.807) is 12.1 Å². The molecule has 1 fully saturated rings. The first-order chi connectivity index (χ1) is 8.57. The lowest BCUT2D eigenvalue weighted by Crippen LogP contribution is -2.47. The van der Waals surface area contributed by atoms with Gasteiger partial charge in [-0.15, -0.1) is 0 Å². The number of halogens is 1. The van der Waals surface area contributed by atoms with Crippen molar-refractivity contribution in [3.8, 4) is 0 Å². The van der Waals surface area contributed by atoms with Crippen LogP contribution in [0.4, 0.5) is 5.69 Å². The van der Waals surface area contributed by atoms with Crippen LogP contribution in [-0.2, 0) is 4.79 Å². The maximum atomic E-state index is 11.8. The highest BCUT2D eigenvalue weighted by Gasteiger charge is 2.28. The summed E-state index contributed by atoms with van der Waals surface area (Å²) in [5.41, 5.74) is 0.745. The third-order valence-electron chi connectivity index (χ3n) is 3.15. The molecule has 1 aliphatic rings. The van der Waals surface area contributed by atoms with Crippen molar-refractivity contribution >= 4 is 23.2 Å². The largest absolute Gasteiger partial charge is 0.325 e. The number of hydrogen-bond acceptors (Lipinski definition) is 3. The Bertz CT molecular complexity index is 430. The number of anilines is 1. The van der Waals surface area contributed by atoms with E-state index in [4.69, 9.17) is 11.6 Å². The third-order valence-corrected chi connectivity index (χ3v) is 3.39. The van der Waals surface area contributed by atoms with Gasteiger partial charge in [0.05, 0.1) is 6.54 Å². The van der Waals surface area contributed by atoms with Gasteiger partial charge in [0.25, 0.3) is 0 Å². The molecule has 1 atom stereocenters. The maximum Gasteiger partial charge on any atom is 0.238 e. The van der Waals surface area contributed by atoms with Crippen molar-refractivity contribution in [1.29, 1.82) is 0 Å². The van der Waals surface area contributed by atoms with E-state index < -0.39 is 0 Å². The monoisotopic (exact) mass is 267 g/mol. The van der Waals surface area contributed by atoms with E-state index in [0.717, 1.165) is 25.2 Å². The highest BCUT2D eigenvalue weighted by molar-refractivity contribution is 6.30. The molecule has 3 N–H and O–H groups in total. The van der Waals surface area contributed by atoms with Gasteiger partial charge >= 0.3 is 0 Å². The first-order valence-electron chi connectivity index (χ1n) is 6.09. The highest BCUT2D eigenvalue weighted by Crippen LogP contribution is 2.15. The molecule has 0 radical (unpaired) electrons. The number of carbonyl (C=O) groups is 1. The van der Waals surface area contributed by atoms with Crippen LogP contribution in [0.3, 0.4) is 0 Å².